The molecule has 0 amide bonds. The molecule has 0 atom stereocenters. The van der Waals surface area contributed by atoms with Crippen LogP contribution in [0.3, 0.4) is 0 Å². The Morgan fingerprint density at radius 3 is 2.80 bits per heavy atom. The molecule has 0 fully saturated rings. The van der Waals surface area contributed by atoms with Crippen molar-refractivity contribution in [2.75, 3.05) is 6.54 Å². The van der Waals surface area contributed by atoms with Gasteiger partial charge in [-0.1, -0.05) is 0 Å². The molecule has 1 aliphatic rings. The van der Waals surface area contributed by atoms with Gasteiger partial charge in [0.2, 0.25) is 0 Å². The Labute approximate surface area is 145 Å². The molecule has 0 aromatic carbocycles. The van der Waals surface area contributed by atoms with Gasteiger partial charge in [0, 0.05) is 51.1 Å². The Kier molecular flexibility index (Phi) is 3.93. The summed E-state index contributed by atoms with van der Waals surface area (Å²) < 4.78 is 1.90. The SMILES string of the molecule is Cc1cc(CN2CCc3nc(-c4ccncc4)[nH]c(=O)c3C2)n(C)n1. The summed E-state index contributed by atoms with van der Waals surface area (Å²) >= 11 is 0. The highest BCUT2D eigenvalue weighted by molar-refractivity contribution is 5.54. The van der Waals surface area contributed by atoms with Crippen molar-refractivity contribution in [3.8, 4) is 11.4 Å². The van der Waals surface area contributed by atoms with Crippen molar-refractivity contribution in [2.45, 2.75) is 26.4 Å². The fraction of sp³-hybridized carbons (Fsp3) is 0.333. The van der Waals surface area contributed by atoms with Crippen LogP contribution in [-0.2, 0) is 26.6 Å². The second-order valence-electron chi connectivity index (χ2n) is 6.44. The van der Waals surface area contributed by atoms with Gasteiger partial charge in [-0.15, -0.1) is 0 Å². The number of aromatic nitrogens is 5. The van der Waals surface area contributed by atoms with E-state index in [9.17, 15) is 4.79 Å². The van der Waals surface area contributed by atoms with Crippen molar-refractivity contribution < 1.29 is 0 Å². The van der Waals surface area contributed by atoms with Gasteiger partial charge in [0.15, 0.2) is 0 Å². The Bertz CT molecular complexity index is 959. The zero-order chi connectivity index (χ0) is 17.4. The van der Waals surface area contributed by atoms with E-state index in [0.717, 1.165) is 47.7 Å². The minimum atomic E-state index is -0.0531. The molecule has 0 aliphatic carbocycles. The summed E-state index contributed by atoms with van der Waals surface area (Å²) in [4.78, 5) is 26.4. The molecule has 4 heterocycles. The average molecular weight is 336 g/mol. The van der Waals surface area contributed by atoms with Crippen molar-refractivity contribution in [2.24, 2.45) is 7.05 Å². The van der Waals surface area contributed by atoms with E-state index in [0.29, 0.717) is 12.4 Å². The van der Waals surface area contributed by atoms with Crippen LogP contribution in [0.15, 0.2) is 35.4 Å². The maximum atomic E-state index is 12.6. The first-order valence-electron chi connectivity index (χ1n) is 8.34. The number of nitrogens with one attached hydrogen (secondary N) is 1. The maximum absolute atomic E-state index is 12.6. The zero-order valence-corrected chi connectivity index (χ0v) is 14.4. The van der Waals surface area contributed by atoms with E-state index < -0.39 is 0 Å². The molecule has 3 aromatic rings. The Balaban J connectivity index is 1.59. The molecule has 1 aliphatic heterocycles. The van der Waals surface area contributed by atoms with Gasteiger partial charge in [0.05, 0.1) is 22.6 Å². The van der Waals surface area contributed by atoms with Gasteiger partial charge >= 0.3 is 0 Å². The van der Waals surface area contributed by atoms with Crippen molar-refractivity contribution in [3.05, 3.63) is 63.6 Å². The summed E-state index contributed by atoms with van der Waals surface area (Å²) in [5.74, 6) is 0.613. The van der Waals surface area contributed by atoms with Crippen LogP contribution in [-0.4, -0.2) is 36.2 Å². The Hall–Kier alpha value is -2.80. The third-order valence-electron chi connectivity index (χ3n) is 4.59. The van der Waals surface area contributed by atoms with E-state index in [1.54, 1.807) is 12.4 Å². The highest BCUT2D eigenvalue weighted by Crippen LogP contribution is 2.19. The number of aryl methyl sites for hydroxylation is 2. The quantitative estimate of drug-likeness (QED) is 0.783. The zero-order valence-electron chi connectivity index (χ0n) is 14.4. The number of rotatable bonds is 3. The fourth-order valence-electron chi connectivity index (χ4n) is 3.30. The lowest BCUT2D eigenvalue weighted by Gasteiger charge is -2.27. The summed E-state index contributed by atoms with van der Waals surface area (Å²) in [5.41, 5.74) is 4.65. The smallest absolute Gasteiger partial charge is 0.255 e. The number of nitrogens with zero attached hydrogens (tertiary/aromatic N) is 5. The Morgan fingerprint density at radius 2 is 2.08 bits per heavy atom. The minimum absolute atomic E-state index is 0.0531. The monoisotopic (exact) mass is 336 g/mol. The standard InChI is InChI=1S/C18H20N6O/c1-12-9-14(23(2)22-12)10-24-8-5-16-15(11-24)18(25)21-17(20-16)13-3-6-19-7-4-13/h3-4,6-7,9H,5,8,10-11H2,1-2H3,(H,20,21,25). The first kappa shape index (κ1) is 15.7. The van der Waals surface area contributed by atoms with Crippen LogP contribution in [0.2, 0.25) is 0 Å². The van der Waals surface area contributed by atoms with Crippen molar-refractivity contribution in [1.29, 1.82) is 0 Å². The van der Waals surface area contributed by atoms with Crippen LogP contribution < -0.4 is 5.56 Å². The minimum Gasteiger partial charge on any atom is -0.306 e. The van der Waals surface area contributed by atoms with Crippen LogP contribution in [0, 0.1) is 6.92 Å². The van der Waals surface area contributed by atoms with Crippen molar-refractivity contribution in [1.82, 2.24) is 29.6 Å². The highest BCUT2D eigenvalue weighted by Gasteiger charge is 2.22. The van der Waals surface area contributed by atoms with E-state index in [2.05, 4.69) is 31.0 Å². The number of aromatic amines is 1. The number of fused-ring (bicyclic) bond motifs is 1. The lowest BCUT2D eigenvalue weighted by Crippen LogP contribution is -2.35. The molecule has 0 radical (unpaired) electrons. The third kappa shape index (κ3) is 3.10. The normalized spacial score (nSPS) is 14.5. The van der Waals surface area contributed by atoms with Gasteiger partial charge in [-0.2, -0.15) is 5.10 Å². The van der Waals surface area contributed by atoms with Gasteiger partial charge in [0.25, 0.3) is 5.56 Å². The van der Waals surface area contributed by atoms with Crippen LogP contribution in [0.5, 0.6) is 0 Å². The average Bonchev–Trinajstić information content (AvgIpc) is 2.93. The molecule has 3 aromatic heterocycles. The molecule has 0 unspecified atom stereocenters. The van der Waals surface area contributed by atoms with Crippen LogP contribution in [0.4, 0.5) is 0 Å². The third-order valence-corrected chi connectivity index (χ3v) is 4.59. The lowest BCUT2D eigenvalue weighted by molar-refractivity contribution is 0.235. The summed E-state index contributed by atoms with van der Waals surface area (Å²) in [5, 5.41) is 4.39. The van der Waals surface area contributed by atoms with E-state index in [-0.39, 0.29) is 5.56 Å². The molecule has 7 nitrogen and oxygen atoms in total. The van der Waals surface area contributed by atoms with Gasteiger partial charge < -0.3 is 4.98 Å². The largest absolute Gasteiger partial charge is 0.306 e. The molecular weight excluding hydrogens is 316 g/mol. The second-order valence-corrected chi connectivity index (χ2v) is 6.44. The van der Waals surface area contributed by atoms with Gasteiger partial charge in [-0.05, 0) is 25.1 Å². The second kappa shape index (κ2) is 6.25. The molecule has 0 bridgehead atoms. The van der Waals surface area contributed by atoms with Crippen molar-refractivity contribution >= 4 is 0 Å². The van der Waals surface area contributed by atoms with E-state index in [1.807, 2.05) is 30.8 Å². The van der Waals surface area contributed by atoms with Gasteiger partial charge in [-0.25, -0.2) is 4.98 Å². The molecule has 0 saturated carbocycles. The highest BCUT2D eigenvalue weighted by atomic mass is 16.1. The molecule has 0 saturated heterocycles. The number of hydrogen-bond acceptors (Lipinski definition) is 5. The van der Waals surface area contributed by atoms with E-state index in [1.165, 1.54) is 0 Å². The molecule has 4 rings (SSSR count). The lowest BCUT2D eigenvalue weighted by atomic mass is 10.1. The fourth-order valence-corrected chi connectivity index (χ4v) is 3.30. The van der Waals surface area contributed by atoms with Crippen LogP contribution >= 0.6 is 0 Å². The molecule has 25 heavy (non-hydrogen) atoms. The molecular formula is C18H20N6O. The molecule has 1 N–H and O–H groups in total. The first-order valence-corrected chi connectivity index (χ1v) is 8.34. The van der Waals surface area contributed by atoms with Crippen LogP contribution in [0.1, 0.15) is 22.6 Å². The predicted octanol–water partition coefficient (Wildman–Crippen LogP) is 1.43. The van der Waals surface area contributed by atoms with Crippen LogP contribution in [0.25, 0.3) is 11.4 Å². The summed E-state index contributed by atoms with van der Waals surface area (Å²) in [6, 6.07) is 5.79. The molecule has 128 valence electrons. The topological polar surface area (TPSA) is 79.7 Å². The molecule has 0 spiro atoms. The summed E-state index contributed by atoms with van der Waals surface area (Å²) in [6.45, 7) is 4.26. The van der Waals surface area contributed by atoms with E-state index >= 15 is 0 Å². The van der Waals surface area contributed by atoms with Gasteiger partial charge in [0.1, 0.15) is 5.82 Å². The number of hydrogen-bond donors (Lipinski definition) is 1. The Morgan fingerprint density at radius 1 is 1.28 bits per heavy atom. The van der Waals surface area contributed by atoms with Gasteiger partial charge in [-0.3, -0.25) is 19.4 Å². The maximum Gasteiger partial charge on any atom is 0.255 e. The van der Waals surface area contributed by atoms with E-state index in [4.69, 9.17) is 0 Å². The predicted molar refractivity (Wildman–Crippen MR) is 93.9 cm³/mol. The number of pyridine rings is 1. The molecule has 7 heteroatoms. The summed E-state index contributed by atoms with van der Waals surface area (Å²) in [7, 11) is 1.95. The number of H-pyrrole nitrogens is 1. The first-order chi connectivity index (χ1) is 12.1. The van der Waals surface area contributed by atoms with Crippen molar-refractivity contribution in [3.63, 3.8) is 0 Å². The summed E-state index contributed by atoms with van der Waals surface area (Å²) in [6.07, 6.45) is 4.17.